The topological polar surface area (TPSA) is 66.8 Å². The Morgan fingerprint density at radius 3 is 2.67 bits per heavy atom. The summed E-state index contributed by atoms with van der Waals surface area (Å²) in [6, 6.07) is 10.3. The summed E-state index contributed by atoms with van der Waals surface area (Å²) in [6.07, 6.45) is 2.83. The molecule has 5 nitrogen and oxygen atoms in total. The van der Waals surface area contributed by atoms with Crippen molar-refractivity contribution >= 4 is 28.8 Å². The molecule has 30 heavy (non-hydrogen) atoms. The number of hydrogen-bond acceptors (Lipinski definition) is 5. The monoisotopic (exact) mass is 427 g/mol. The Morgan fingerprint density at radius 2 is 2.00 bits per heavy atom. The number of benzene rings is 1. The lowest BCUT2D eigenvalue weighted by Crippen LogP contribution is -2.30. The fraction of sp³-hybridized carbons (Fsp3) is 0.417. The number of aliphatic hydroxyl groups is 1. The van der Waals surface area contributed by atoms with Crippen LogP contribution < -0.4 is 4.74 Å². The molecule has 1 fully saturated rings. The van der Waals surface area contributed by atoms with Gasteiger partial charge in [0, 0.05) is 17.0 Å². The number of unbranched alkanes of at least 4 members (excludes halogenated alkanes) is 2. The summed E-state index contributed by atoms with van der Waals surface area (Å²) < 4.78 is 5.76. The van der Waals surface area contributed by atoms with Crippen molar-refractivity contribution < 1.29 is 19.4 Å². The summed E-state index contributed by atoms with van der Waals surface area (Å²) in [4.78, 5) is 28.2. The number of rotatable bonds is 9. The van der Waals surface area contributed by atoms with Crippen molar-refractivity contribution in [1.82, 2.24) is 4.90 Å². The lowest BCUT2D eigenvalue weighted by atomic mass is 9.99. The standard InChI is InChI=1S/C24H29NO4S/c1-4-5-6-12-25-21(19-11-8-13-30-19)20(23(27)24(25)28)22(26)17-9-7-10-18(14-17)29-15-16(2)3/h7-11,13-14,16,21,26H,4-6,12,15H2,1-3H3/b22-20-. The minimum absolute atomic E-state index is 0.153. The van der Waals surface area contributed by atoms with Gasteiger partial charge in [0.1, 0.15) is 11.5 Å². The Morgan fingerprint density at radius 1 is 1.20 bits per heavy atom. The molecule has 1 unspecified atom stereocenters. The average molecular weight is 428 g/mol. The lowest BCUT2D eigenvalue weighted by Gasteiger charge is -2.24. The number of Topliss-reactive ketones (excluding diaryl/α,β-unsaturated/α-hetero) is 1. The third-order valence-corrected chi connectivity index (χ3v) is 5.97. The highest BCUT2D eigenvalue weighted by Crippen LogP contribution is 2.41. The van der Waals surface area contributed by atoms with Crippen LogP contribution in [0, 0.1) is 5.92 Å². The van der Waals surface area contributed by atoms with E-state index in [0.29, 0.717) is 30.4 Å². The van der Waals surface area contributed by atoms with Gasteiger partial charge in [0.05, 0.1) is 18.2 Å². The zero-order valence-corrected chi connectivity index (χ0v) is 18.6. The molecule has 2 aromatic rings. The third kappa shape index (κ3) is 4.75. The summed E-state index contributed by atoms with van der Waals surface area (Å²) in [7, 11) is 0. The molecule has 1 amide bonds. The van der Waals surface area contributed by atoms with Crippen LogP contribution in [0.1, 0.15) is 56.5 Å². The molecule has 0 radical (unpaired) electrons. The zero-order valence-electron chi connectivity index (χ0n) is 17.8. The van der Waals surface area contributed by atoms with Crippen molar-refractivity contribution in [3.8, 4) is 5.75 Å². The molecule has 0 spiro atoms. The van der Waals surface area contributed by atoms with Gasteiger partial charge in [0.15, 0.2) is 0 Å². The highest BCUT2D eigenvalue weighted by atomic mass is 32.1. The van der Waals surface area contributed by atoms with Gasteiger partial charge < -0.3 is 14.7 Å². The van der Waals surface area contributed by atoms with Crippen LogP contribution >= 0.6 is 11.3 Å². The van der Waals surface area contributed by atoms with E-state index in [4.69, 9.17) is 4.74 Å². The number of ketones is 1. The Balaban J connectivity index is 2.00. The summed E-state index contributed by atoms with van der Waals surface area (Å²) in [6.45, 7) is 7.27. The van der Waals surface area contributed by atoms with E-state index in [2.05, 4.69) is 20.8 Å². The molecule has 1 N–H and O–H groups in total. The van der Waals surface area contributed by atoms with Crippen molar-refractivity contribution in [2.75, 3.05) is 13.2 Å². The molecule has 1 aliphatic rings. The van der Waals surface area contributed by atoms with Crippen LogP contribution in [0.2, 0.25) is 0 Å². The van der Waals surface area contributed by atoms with Crippen LogP contribution in [0.5, 0.6) is 5.75 Å². The van der Waals surface area contributed by atoms with Crippen molar-refractivity contribution in [2.45, 2.75) is 46.1 Å². The Bertz CT molecular complexity index is 917. The quantitative estimate of drug-likeness (QED) is 0.252. The molecule has 0 aliphatic carbocycles. The molecule has 1 aromatic heterocycles. The predicted molar refractivity (Wildman–Crippen MR) is 120 cm³/mol. The Hall–Kier alpha value is -2.60. The molecule has 2 heterocycles. The molecule has 160 valence electrons. The summed E-state index contributed by atoms with van der Waals surface area (Å²) >= 11 is 1.48. The molecule has 1 aliphatic heterocycles. The first kappa shape index (κ1) is 22.1. The summed E-state index contributed by atoms with van der Waals surface area (Å²) in [5.74, 6) is -0.332. The maximum absolute atomic E-state index is 12.9. The normalized spacial score (nSPS) is 18.4. The number of amides is 1. The second-order valence-electron chi connectivity index (χ2n) is 7.95. The first-order valence-electron chi connectivity index (χ1n) is 10.5. The molecule has 6 heteroatoms. The van der Waals surface area contributed by atoms with Crippen LogP contribution in [0.25, 0.3) is 5.76 Å². The molecule has 0 saturated carbocycles. The van der Waals surface area contributed by atoms with Gasteiger partial charge in [0.25, 0.3) is 11.7 Å². The second kappa shape index (κ2) is 9.94. The number of nitrogens with zero attached hydrogens (tertiary/aromatic N) is 1. The predicted octanol–water partition coefficient (Wildman–Crippen LogP) is 5.39. The number of aliphatic hydroxyl groups excluding tert-OH is 1. The van der Waals surface area contributed by atoms with Gasteiger partial charge in [-0.2, -0.15) is 0 Å². The molecule has 1 saturated heterocycles. The van der Waals surface area contributed by atoms with Gasteiger partial charge in [-0.3, -0.25) is 9.59 Å². The SMILES string of the molecule is CCCCCN1C(=O)C(=O)/C(=C(\O)c2cccc(OCC(C)C)c2)C1c1cccs1. The van der Waals surface area contributed by atoms with Gasteiger partial charge >= 0.3 is 0 Å². The number of carbonyl (C=O) groups excluding carboxylic acids is 2. The minimum Gasteiger partial charge on any atom is -0.507 e. The van der Waals surface area contributed by atoms with Crippen molar-refractivity contribution in [3.63, 3.8) is 0 Å². The zero-order chi connectivity index (χ0) is 21.7. The van der Waals surface area contributed by atoms with Crippen LogP contribution in [0.4, 0.5) is 0 Å². The molecule has 0 bridgehead atoms. The highest BCUT2D eigenvalue weighted by molar-refractivity contribution is 7.10. The third-order valence-electron chi connectivity index (χ3n) is 5.05. The van der Waals surface area contributed by atoms with Crippen LogP contribution in [-0.4, -0.2) is 34.8 Å². The molecule has 1 atom stereocenters. The molecular formula is C24H29NO4S. The molecule has 1 aromatic carbocycles. The highest BCUT2D eigenvalue weighted by Gasteiger charge is 2.46. The van der Waals surface area contributed by atoms with E-state index in [1.165, 1.54) is 11.3 Å². The average Bonchev–Trinajstić information content (AvgIpc) is 3.34. The summed E-state index contributed by atoms with van der Waals surface area (Å²) in [5.41, 5.74) is 0.629. The molecule has 3 rings (SSSR count). The van der Waals surface area contributed by atoms with E-state index in [0.717, 1.165) is 24.1 Å². The van der Waals surface area contributed by atoms with Crippen LogP contribution in [0.3, 0.4) is 0 Å². The van der Waals surface area contributed by atoms with E-state index < -0.39 is 17.7 Å². The van der Waals surface area contributed by atoms with Crippen molar-refractivity contribution in [1.29, 1.82) is 0 Å². The first-order valence-corrected chi connectivity index (χ1v) is 11.4. The maximum Gasteiger partial charge on any atom is 0.295 e. The minimum atomic E-state index is -0.629. The fourth-order valence-corrected chi connectivity index (χ4v) is 4.38. The lowest BCUT2D eigenvalue weighted by molar-refractivity contribution is -0.139. The van der Waals surface area contributed by atoms with Gasteiger partial charge in [-0.05, 0) is 35.9 Å². The van der Waals surface area contributed by atoms with Gasteiger partial charge in [-0.15, -0.1) is 11.3 Å². The van der Waals surface area contributed by atoms with E-state index in [-0.39, 0.29) is 11.3 Å². The second-order valence-corrected chi connectivity index (χ2v) is 8.93. The van der Waals surface area contributed by atoms with Crippen molar-refractivity contribution in [2.24, 2.45) is 5.92 Å². The van der Waals surface area contributed by atoms with Crippen molar-refractivity contribution in [3.05, 3.63) is 57.8 Å². The number of ether oxygens (including phenoxy) is 1. The smallest absolute Gasteiger partial charge is 0.295 e. The van der Waals surface area contributed by atoms with E-state index in [1.54, 1.807) is 23.1 Å². The Labute approximate surface area is 182 Å². The number of hydrogen-bond donors (Lipinski definition) is 1. The van der Waals surface area contributed by atoms with E-state index in [9.17, 15) is 14.7 Å². The first-order chi connectivity index (χ1) is 14.4. The Kier molecular flexibility index (Phi) is 7.32. The van der Waals surface area contributed by atoms with Crippen LogP contribution in [0.15, 0.2) is 47.4 Å². The fourth-order valence-electron chi connectivity index (χ4n) is 3.54. The largest absolute Gasteiger partial charge is 0.507 e. The van der Waals surface area contributed by atoms with E-state index >= 15 is 0 Å². The van der Waals surface area contributed by atoms with Gasteiger partial charge in [-0.25, -0.2) is 0 Å². The molecular weight excluding hydrogens is 398 g/mol. The van der Waals surface area contributed by atoms with Gasteiger partial charge in [-0.1, -0.05) is 51.8 Å². The number of thiophene rings is 1. The number of likely N-dealkylation sites (tertiary alicyclic amines) is 1. The summed E-state index contributed by atoms with van der Waals surface area (Å²) in [5, 5.41) is 13.0. The van der Waals surface area contributed by atoms with Crippen LogP contribution in [-0.2, 0) is 9.59 Å². The van der Waals surface area contributed by atoms with E-state index in [1.807, 2.05) is 23.6 Å². The van der Waals surface area contributed by atoms with Gasteiger partial charge in [0.2, 0.25) is 0 Å². The number of carbonyl (C=O) groups is 2. The maximum atomic E-state index is 12.9.